The van der Waals surface area contributed by atoms with Crippen LogP contribution in [0.2, 0.25) is 0 Å². The van der Waals surface area contributed by atoms with E-state index < -0.39 is 0 Å². The summed E-state index contributed by atoms with van der Waals surface area (Å²) >= 11 is 0. The SMILES string of the molecule is Cc1cc2c3c([n+](C)c4ccccc4c3c1)-c1ccc(/C=C/C(=O)N3CCOCC3)cc1N2C. The number of pyridine rings is 1. The van der Waals surface area contributed by atoms with E-state index in [2.05, 4.69) is 85.1 Å². The molecule has 2 aliphatic heterocycles. The Hall–Kier alpha value is -3.70. The number of para-hydroxylation sites is 1. The van der Waals surface area contributed by atoms with E-state index in [4.69, 9.17) is 4.74 Å². The van der Waals surface area contributed by atoms with Gasteiger partial charge in [0.1, 0.15) is 7.05 Å². The van der Waals surface area contributed by atoms with E-state index in [-0.39, 0.29) is 5.91 Å². The van der Waals surface area contributed by atoms with E-state index in [1.807, 2.05) is 11.0 Å². The number of rotatable bonds is 2. The van der Waals surface area contributed by atoms with Crippen molar-refractivity contribution in [1.29, 1.82) is 0 Å². The van der Waals surface area contributed by atoms with Crippen LogP contribution in [0.1, 0.15) is 11.1 Å². The topological polar surface area (TPSA) is 36.7 Å². The van der Waals surface area contributed by atoms with Crippen LogP contribution < -0.4 is 9.47 Å². The highest BCUT2D eigenvalue weighted by molar-refractivity contribution is 6.17. The Morgan fingerprint density at radius 2 is 1.79 bits per heavy atom. The van der Waals surface area contributed by atoms with Crippen molar-refractivity contribution in [3.05, 3.63) is 71.8 Å². The molecule has 5 heteroatoms. The number of ether oxygens (including phenoxy) is 1. The van der Waals surface area contributed by atoms with E-state index in [1.165, 1.54) is 44.2 Å². The number of morpholine rings is 1. The van der Waals surface area contributed by atoms with E-state index in [0.717, 1.165) is 11.3 Å². The average Bonchev–Trinajstić information content (AvgIpc) is 2.87. The number of aryl methyl sites for hydroxylation is 2. The number of carbonyl (C=O) groups excluding carboxylic acids is 1. The summed E-state index contributed by atoms with van der Waals surface area (Å²) in [6, 6.07) is 19.7. The number of fused-ring (bicyclic) bond motifs is 4. The normalized spacial score (nSPS) is 15.4. The predicted molar refractivity (Wildman–Crippen MR) is 137 cm³/mol. The molecule has 0 atom stereocenters. The van der Waals surface area contributed by atoms with Gasteiger partial charge in [-0.2, -0.15) is 4.57 Å². The summed E-state index contributed by atoms with van der Waals surface area (Å²) in [5, 5.41) is 3.84. The first-order chi connectivity index (χ1) is 16.5. The molecule has 1 saturated heterocycles. The van der Waals surface area contributed by atoms with Gasteiger partial charge in [0.25, 0.3) is 0 Å². The molecule has 170 valence electrons. The molecule has 6 rings (SSSR count). The quantitative estimate of drug-likeness (QED) is 0.251. The zero-order valence-electron chi connectivity index (χ0n) is 19.8. The fourth-order valence-electron chi connectivity index (χ4n) is 5.41. The van der Waals surface area contributed by atoms with E-state index >= 15 is 0 Å². The summed E-state index contributed by atoms with van der Waals surface area (Å²) in [5.74, 6) is 0.0398. The van der Waals surface area contributed by atoms with Crippen molar-refractivity contribution in [2.75, 3.05) is 38.3 Å². The second kappa shape index (κ2) is 7.96. The average molecular weight is 451 g/mol. The van der Waals surface area contributed by atoms with Gasteiger partial charge in [0.2, 0.25) is 17.1 Å². The maximum absolute atomic E-state index is 12.6. The number of aromatic nitrogens is 1. The molecule has 0 N–H and O–H groups in total. The Morgan fingerprint density at radius 3 is 2.62 bits per heavy atom. The van der Waals surface area contributed by atoms with Gasteiger partial charge in [-0.3, -0.25) is 4.79 Å². The summed E-state index contributed by atoms with van der Waals surface area (Å²) in [7, 11) is 4.29. The van der Waals surface area contributed by atoms with Crippen LogP contribution in [0.15, 0.2) is 60.7 Å². The van der Waals surface area contributed by atoms with Gasteiger partial charge in [0.05, 0.1) is 40.9 Å². The first-order valence-electron chi connectivity index (χ1n) is 11.8. The van der Waals surface area contributed by atoms with Crippen LogP contribution in [-0.4, -0.2) is 44.2 Å². The maximum atomic E-state index is 12.6. The third-order valence-corrected chi connectivity index (χ3v) is 7.13. The van der Waals surface area contributed by atoms with Gasteiger partial charge in [0.15, 0.2) is 0 Å². The molecule has 3 heterocycles. The second-order valence-corrected chi connectivity index (χ2v) is 9.24. The van der Waals surface area contributed by atoms with Gasteiger partial charge >= 0.3 is 0 Å². The Kier molecular flexibility index (Phi) is 4.89. The third-order valence-electron chi connectivity index (χ3n) is 7.13. The highest BCUT2D eigenvalue weighted by atomic mass is 16.5. The Balaban J connectivity index is 1.50. The molecule has 34 heavy (non-hydrogen) atoms. The molecule has 0 spiro atoms. The van der Waals surface area contributed by atoms with Crippen molar-refractivity contribution >= 4 is 45.0 Å². The number of benzene rings is 3. The lowest BCUT2D eigenvalue weighted by Gasteiger charge is -2.29. The molecule has 0 saturated carbocycles. The number of amides is 1. The molecule has 0 unspecified atom stereocenters. The summed E-state index contributed by atoms with van der Waals surface area (Å²) in [5.41, 5.74) is 8.27. The van der Waals surface area contributed by atoms with E-state index in [0.29, 0.717) is 26.3 Å². The molecular formula is C29H28N3O2+. The smallest absolute Gasteiger partial charge is 0.246 e. The second-order valence-electron chi connectivity index (χ2n) is 9.24. The van der Waals surface area contributed by atoms with Crippen LogP contribution >= 0.6 is 0 Å². The molecule has 0 aliphatic carbocycles. The monoisotopic (exact) mass is 450 g/mol. The van der Waals surface area contributed by atoms with Gasteiger partial charge in [0, 0.05) is 37.7 Å². The summed E-state index contributed by atoms with van der Waals surface area (Å²) in [4.78, 5) is 16.7. The molecule has 1 fully saturated rings. The summed E-state index contributed by atoms with van der Waals surface area (Å²) < 4.78 is 7.68. The van der Waals surface area contributed by atoms with Crippen molar-refractivity contribution in [3.8, 4) is 11.3 Å². The molecule has 4 aromatic rings. The summed E-state index contributed by atoms with van der Waals surface area (Å²) in [6.45, 7) is 4.69. The van der Waals surface area contributed by atoms with Crippen molar-refractivity contribution in [2.24, 2.45) is 7.05 Å². The number of hydrogen-bond donors (Lipinski definition) is 0. The Bertz CT molecular complexity index is 1500. The van der Waals surface area contributed by atoms with Crippen molar-refractivity contribution in [3.63, 3.8) is 0 Å². The molecule has 1 amide bonds. The molecule has 3 aromatic carbocycles. The minimum atomic E-state index is 0.0398. The largest absolute Gasteiger partial charge is 0.378 e. The zero-order valence-corrected chi connectivity index (χ0v) is 19.8. The highest BCUT2D eigenvalue weighted by Crippen LogP contribution is 2.47. The van der Waals surface area contributed by atoms with Crippen molar-refractivity contribution < 1.29 is 14.1 Å². The van der Waals surface area contributed by atoms with Crippen LogP contribution in [0, 0.1) is 6.92 Å². The fraction of sp³-hybridized carbons (Fsp3) is 0.241. The van der Waals surface area contributed by atoms with Gasteiger partial charge in [-0.25, -0.2) is 0 Å². The Morgan fingerprint density at radius 1 is 1.00 bits per heavy atom. The van der Waals surface area contributed by atoms with E-state index in [1.54, 1.807) is 6.08 Å². The zero-order chi connectivity index (χ0) is 23.4. The van der Waals surface area contributed by atoms with Crippen LogP contribution in [0.25, 0.3) is 39.0 Å². The first-order valence-corrected chi connectivity index (χ1v) is 11.8. The minimum Gasteiger partial charge on any atom is -0.378 e. The van der Waals surface area contributed by atoms with Gasteiger partial charge < -0.3 is 14.5 Å². The number of hydrogen-bond acceptors (Lipinski definition) is 3. The van der Waals surface area contributed by atoms with Crippen LogP contribution in [-0.2, 0) is 16.6 Å². The fourth-order valence-corrected chi connectivity index (χ4v) is 5.41. The van der Waals surface area contributed by atoms with Gasteiger partial charge in [-0.1, -0.05) is 24.3 Å². The van der Waals surface area contributed by atoms with E-state index in [9.17, 15) is 4.79 Å². The van der Waals surface area contributed by atoms with Gasteiger partial charge in [-0.15, -0.1) is 0 Å². The standard InChI is InChI=1S/C29H28N3O2/c1-19-16-23-21-6-4-5-7-24(21)31(3)29-22-10-8-20(9-11-27(33)32-12-14-34-15-13-32)18-25(22)30(2)26(17-19)28(23)29/h4-11,16-18H,12-15H2,1-3H3/q+1/b11-9+. The van der Waals surface area contributed by atoms with Crippen molar-refractivity contribution in [1.82, 2.24) is 4.90 Å². The lowest BCUT2D eigenvalue weighted by molar-refractivity contribution is -0.632. The first kappa shape index (κ1) is 20.9. The van der Waals surface area contributed by atoms with Crippen molar-refractivity contribution in [2.45, 2.75) is 6.92 Å². The van der Waals surface area contributed by atoms with Crippen LogP contribution in [0.4, 0.5) is 11.4 Å². The molecule has 5 nitrogen and oxygen atoms in total. The third kappa shape index (κ3) is 3.19. The minimum absolute atomic E-state index is 0.0398. The molecule has 2 aliphatic rings. The summed E-state index contributed by atoms with van der Waals surface area (Å²) in [6.07, 6.45) is 3.61. The maximum Gasteiger partial charge on any atom is 0.246 e. The molecule has 1 aromatic heterocycles. The number of nitrogens with zero attached hydrogens (tertiary/aromatic N) is 3. The molecular weight excluding hydrogens is 422 g/mol. The predicted octanol–water partition coefficient (Wildman–Crippen LogP) is 4.75. The lowest BCUT2D eigenvalue weighted by atomic mass is 9.91. The highest BCUT2D eigenvalue weighted by Gasteiger charge is 2.31. The molecule has 0 radical (unpaired) electrons. The molecule has 0 bridgehead atoms. The Labute approximate surface area is 199 Å². The van der Waals surface area contributed by atoms with Crippen LogP contribution in [0.3, 0.4) is 0 Å². The van der Waals surface area contributed by atoms with Gasteiger partial charge in [-0.05, 0) is 48.4 Å². The number of carbonyl (C=O) groups is 1. The van der Waals surface area contributed by atoms with Crippen LogP contribution in [0.5, 0.6) is 0 Å². The lowest BCUT2D eigenvalue weighted by Crippen LogP contribution is -2.39. The number of anilines is 2.